The van der Waals surface area contributed by atoms with Gasteiger partial charge in [-0.25, -0.2) is 0 Å². The number of aromatic nitrogens is 3. The highest BCUT2D eigenvalue weighted by atomic mass is 32.1. The fraction of sp³-hybridized carbons (Fsp3) is 0.600. The number of ether oxygens (including phenoxy) is 1. The molecule has 2 heterocycles. The molecular formula is C20H29N4OS+. The molecule has 1 aromatic carbocycles. The molecule has 3 atom stereocenters. The maximum Gasteiger partial charge on any atom is 0.202 e. The zero-order valence-corrected chi connectivity index (χ0v) is 16.6. The van der Waals surface area contributed by atoms with Crippen molar-refractivity contribution in [2.24, 2.45) is 13.0 Å². The molecule has 5 nitrogen and oxygen atoms in total. The van der Waals surface area contributed by atoms with Gasteiger partial charge in [0.25, 0.3) is 0 Å². The van der Waals surface area contributed by atoms with E-state index in [1.807, 2.05) is 40.6 Å². The van der Waals surface area contributed by atoms with Crippen molar-refractivity contribution in [3.8, 4) is 17.1 Å². The number of para-hydroxylation sites is 1. The number of hydrogen-bond acceptors (Lipinski definition) is 3. The number of quaternary nitrogens is 1. The molecule has 26 heavy (non-hydrogen) atoms. The van der Waals surface area contributed by atoms with Crippen LogP contribution in [0.2, 0.25) is 0 Å². The second-order valence-electron chi connectivity index (χ2n) is 7.72. The van der Waals surface area contributed by atoms with Gasteiger partial charge in [0, 0.05) is 13.0 Å². The lowest BCUT2D eigenvalue weighted by atomic mass is 9.78. The summed E-state index contributed by atoms with van der Waals surface area (Å²) in [5, 5.41) is 4.89. The van der Waals surface area contributed by atoms with E-state index in [9.17, 15) is 0 Å². The zero-order chi connectivity index (χ0) is 18.1. The smallest absolute Gasteiger partial charge is 0.202 e. The Balaban J connectivity index is 1.63. The van der Waals surface area contributed by atoms with Crippen LogP contribution in [0.4, 0.5) is 0 Å². The molecule has 1 aromatic heterocycles. The van der Waals surface area contributed by atoms with Gasteiger partial charge in [-0.05, 0) is 56.5 Å². The van der Waals surface area contributed by atoms with Gasteiger partial charge in [-0.2, -0.15) is 4.68 Å². The van der Waals surface area contributed by atoms with Gasteiger partial charge in [0.2, 0.25) is 4.77 Å². The maximum atomic E-state index is 5.72. The summed E-state index contributed by atoms with van der Waals surface area (Å²) in [4.78, 5) is 1.67. The fourth-order valence-corrected chi connectivity index (χ4v) is 5.10. The lowest BCUT2D eigenvalue weighted by Gasteiger charge is -2.40. The highest BCUT2D eigenvalue weighted by Crippen LogP contribution is 2.29. The summed E-state index contributed by atoms with van der Waals surface area (Å²) in [5.41, 5.74) is 0.992. The van der Waals surface area contributed by atoms with Gasteiger partial charge in [0.15, 0.2) is 12.5 Å². The molecule has 1 aliphatic heterocycles. The molecule has 1 saturated heterocycles. The second-order valence-corrected chi connectivity index (χ2v) is 8.09. The molecule has 140 valence electrons. The van der Waals surface area contributed by atoms with Crippen LogP contribution >= 0.6 is 12.2 Å². The summed E-state index contributed by atoms with van der Waals surface area (Å²) in [7, 11) is 3.70. The first kappa shape index (κ1) is 17.7. The van der Waals surface area contributed by atoms with Gasteiger partial charge < -0.3 is 14.2 Å². The highest BCUT2D eigenvalue weighted by Gasteiger charge is 2.36. The second kappa shape index (κ2) is 7.53. The summed E-state index contributed by atoms with van der Waals surface area (Å²) < 4.78 is 10.4. The van der Waals surface area contributed by atoms with Crippen molar-refractivity contribution < 1.29 is 9.64 Å². The van der Waals surface area contributed by atoms with Crippen LogP contribution in [0.1, 0.15) is 38.5 Å². The lowest BCUT2D eigenvalue weighted by molar-refractivity contribution is -0.958. The van der Waals surface area contributed by atoms with Gasteiger partial charge in [-0.3, -0.25) is 0 Å². The van der Waals surface area contributed by atoms with Crippen molar-refractivity contribution in [3.63, 3.8) is 0 Å². The van der Waals surface area contributed by atoms with Crippen LogP contribution < -0.4 is 9.64 Å². The lowest BCUT2D eigenvalue weighted by Crippen LogP contribution is -3.17. The van der Waals surface area contributed by atoms with Gasteiger partial charge in [0.1, 0.15) is 5.75 Å². The van der Waals surface area contributed by atoms with Gasteiger partial charge in [-0.1, -0.05) is 18.6 Å². The molecule has 0 radical (unpaired) electrons. The Morgan fingerprint density at radius 3 is 2.81 bits per heavy atom. The van der Waals surface area contributed by atoms with Crippen molar-refractivity contribution in [2.45, 2.75) is 51.2 Å². The van der Waals surface area contributed by atoms with E-state index in [1.54, 1.807) is 12.0 Å². The Morgan fingerprint density at radius 2 is 1.96 bits per heavy atom. The number of nitrogens with zero attached hydrogens (tertiary/aromatic N) is 3. The standard InChI is InChI=1S/C20H28N4OS/c1-22-19(16-10-4-6-12-18(16)25-2)21-24(20(22)26)14-23-13-7-9-15-8-3-5-11-17(15)23/h4,6,10,12,15,17H,3,5,7-9,11,13-14H2,1-2H3/p+1/t15-,17-/m0/s1. The number of rotatable bonds is 4. The number of fused-ring (bicyclic) bond motifs is 1. The molecule has 1 unspecified atom stereocenters. The Bertz CT molecular complexity index is 825. The normalized spacial score (nSPS) is 25.7. The average molecular weight is 374 g/mol. The Morgan fingerprint density at radius 1 is 1.19 bits per heavy atom. The molecule has 0 amide bonds. The average Bonchev–Trinajstić information content (AvgIpc) is 2.96. The number of nitrogens with one attached hydrogen (secondary N) is 1. The topological polar surface area (TPSA) is 36.4 Å². The van der Waals surface area contributed by atoms with Gasteiger partial charge in [-0.15, -0.1) is 5.10 Å². The van der Waals surface area contributed by atoms with E-state index in [0.717, 1.165) is 40.5 Å². The number of benzene rings is 1. The van der Waals surface area contributed by atoms with Crippen molar-refractivity contribution in [1.29, 1.82) is 0 Å². The minimum atomic E-state index is 0.788. The predicted molar refractivity (Wildman–Crippen MR) is 105 cm³/mol. The SMILES string of the molecule is COc1ccccc1-c1nn(C[NH+]2CCC[C@@H]3CCCC[C@@H]32)c(=S)n1C. The van der Waals surface area contributed by atoms with E-state index < -0.39 is 0 Å². The zero-order valence-electron chi connectivity index (χ0n) is 15.8. The van der Waals surface area contributed by atoms with Crippen LogP contribution in [0.3, 0.4) is 0 Å². The number of hydrogen-bond donors (Lipinski definition) is 1. The third kappa shape index (κ3) is 3.21. The van der Waals surface area contributed by atoms with E-state index in [4.69, 9.17) is 22.1 Å². The Kier molecular flexibility index (Phi) is 5.14. The monoisotopic (exact) mass is 373 g/mol. The predicted octanol–water partition coefficient (Wildman–Crippen LogP) is 2.82. The minimum absolute atomic E-state index is 0.788. The summed E-state index contributed by atoms with van der Waals surface area (Å²) in [5.74, 6) is 2.61. The van der Waals surface area contributed by atoms with Gasteiger partial charge in [0.05, 0.1) is 25.3 Å². The molecule has 1 saturated carbocycles. The van der Waals surface area contributed by atoms with Crippen LogP contribution in [-0.4, -0.2) is 34.0 Å². The first-order chi connectivity index (χ1) is 12.7. The summed E-state index contributed by atoms with van der Waals surface area (Å²) in [6.07, 6.45) is 8.30. The van der Waals surface area contributed by atoms with Crippen molar-refractivity contribution in [2.75, 3.05) is 13.7 Å². The van der Waals surface area contributed by atoms with Crippen LogP contribution in [0, 0.1) is 10.7 Å². The van der Waals surface area contributed by atoms with E-state index in [0.29, 0.717) is 0 Å². The Labute approximate surface area is 160 Å². The first-order valence-electron chi connectivity index (χ1n) is 9.81. The quantitative estimate of drug-likeness (QED) is 0.838. The number of methoxy groups -OCH3 is 1. The van der Waals surface area contributed by atoms with Crippen LogP contribution in [-0.2, 0) is 13.7 Å². The van der Waals surface area contributed by atoms with E-state index in [-0.39, 0.29) is 0 Å². The molecule has 4 rings (SSSR count). The number of piperidine rings is 1. The molecule has 0 bridgehead atoms. The van der Waals surface area contributed by atoms with Crippen LogP contribution in [0.5, 0.6) is 5.75 Å². The van der Waals surface area contributed by atoms with Gasteiger partial charge >= 0.3 is 0 Å². The maximum absolute atomic E-state index is 5.72. The highest BCUT2D eigenvalue weighted by molar-refractivity contribution is 7.71. The van der Waals surface area contributed by atoms with E-state index >= 15 is 0 Å². The fourth-order valence-electron chi connectivity index (χ4n) is 4.91. The summed E-state index contributed by atoms with van der Waals surface area (Å²) in [6, 6.07) is 8.80. The van der Waals surface area contributed by atoms with Crippen molar-refractivity contribution in [1.82, 2.24) is 14.3 Å². The van der Waals surface area contributed by atoms with E-state index in [1.165, 1.54) is 45.1 Å². The summed E-state index contributed by atoms with van der Waals surface area (Å²) in [6.45, 7) is 2.12. The number of likely N-dealkylation sites (tertiary alicyclic amines) is 1. The minimum Gasteiger partial charge on any atom is -0.496 e. The first-order valence-corrected chi connectivity index (χ1v) is 10.2. The molecule has 2 aliphatic rings. The third-order valence-corrected chi connectivity index (χ3v) is 6.73. The molecule has 6 heteroatoms. The molecule has 0 spiro atoms. The Hall–Kier alpha value is -1.66. The largest absolute Gasteiger partial charge is 0.496 e. The van der Waals surface area contributed by atoms with E-state index in [2.05, 4.69) is 0 Å². The molecule has 1 N–H and O–H groups in total. The molecule has 1 aliphatic carbocycles. The molecular weight excluding hydrogens is 344 g/mol. The molecule has 2 aromatic rings. The van der Waals surface area contributed by atoms with Crippen molar-refractivity contribution in [3.05, 3.63) is 29.0 Å². The third-order valence-electron chi connectivity index (χ3n) is 6.25. The summed E-state index contributed by atoms with van der Waals surface area (Å²) >= 11 is 5.72. The van der Waals surface area contributed by atoms with Crippen LogP contribution in [0.25, 0.3) is 11.4 Å². The van der Waals surface area contributed by atoms with Crippen molar-refractivity contribution >= 4 is 12.2 Å². The van der Waals surface area contributed by atoms with Crippen LogP contribution in [0.15, 0.2) is 24.3 Å². The molecule has 2 fully saturated rings.